The molecule has 5 heteroatoms. The SMILES string of the molecule is CC(C)N1CCN(C(=O)O)C[C@H]1CO. The number of amides is 1. The van der Waals surface area contributed by atoms with Crippen LogP contribution in [-0.2, 0) is 0 Å². The lowest BCUT2D eigenvalue weighted by atomic mass is 10.1. The summed E-state index contributed by atoms with van der Waals surface area (Å²) in [6, 6.07) is 0.294. The van der Waals surface area contributed by atoms with E-state index >= 15 is 0 Å². The van der Waals surface area contributed by atoms with E-state index in [4.69, 9.17) is 10.2 Å². The topological polar surface area (TPSA) is 64.0 Å². The zero-order valence-corrected chi connectivity index (χ0v) is 8.68. The first-order valence-electron chi connectivity index (χ1n) is 4.90. The van der Waals surface area contributed by atoms with Gasteiger partial charge >= 0.3 is 6.09 Å². The molecule has 0 aliphatic carbocycles. The Hall–Kier alpha value is -0.810. The van der Waals surface area contributed by atoms with Gasteiger partial charge in [-0.15, -0.1) is 0 Å². The monoisotopic (exact) mass is 202 g/mol. The summed E-state index contributed by atoms with van der Waals surface area (Å²) in [4.78, 5) is 14.2. The largest absolute Gasteiger partial charge is 0.465 e. The maximum Gasteiger partial charge on any atom is 0.407 e. The smallest absolute Gasteiger partial charge is 0.407 e. The number of aliphatic hydroxyl groups is 1. The van der Waals surface area contributed by atoms with Crippen molar-refractivity contribution in [2.24, 2.45) is 0 Å². The minimum atomic E-state index is -0.896. The molecule has 0 unspecified atom stereocenters. The van der Waals surface area contributed by atoms with Gasteiger partial charge in [0.2, 0.25) is 0 Å². The third kappa shape index (κ3) is 2.36. The highest BCUT2D eigenvalue weighted by Crippen LogP contribution is 2.12. The highest BCUT2D eigenvalue weighted by molar-refractivity contribution is 5.65. The van der Waals surface area contributed by atoms with Crippen LogP contribution >= 0.6 is 0 Å². The van der Waals surface area contributed by atoms with Gasteiger partial charge in [-0.05, 0) is 13.8 Å². The van der Waals surface area contributed by atoms with Crippen LogP contribution in [-0.4, -0.2) is 64.4 Å². The molecule has 1 rings (SSSR count). The number of hydrogen-bond acceptors (Lipinski definition) is 3. The summed E-state index contributed by atoms with van der Waals surface area (Å²) < 4.78 is 0. The summed E-state index contributed by atoms with van der Waals surface area (Å²) in [7, 11) is 0. The van der Waals surface area contributed by atoms with Crippen LogP contribution in [0.4, 0.5) is 4.79 Å². The molecule has 1 saturated heterocycles. The maximum absolute atomic E-state index is 10.7. The van der Waals surface area contributed by atoms with Gasteiger partial charge in [-0.25, -0.2) is 4.79 Å². The van der Waals surface area contributed by atoms with Crippen molar-refractivity contribution < 1.29 is 15.0 Å². The van der Waals surface area contributed by atoms with Gasteiger partial charge in [0, 0.05) is 25.7 Å². The van der Waals surface area contributed by atoms with Gasteiger partial charge in [-0.3, -0.25) is 4.90 Å². The van der Waals surface area contributed by atoms with Crippen LogP contribution in [0.3, 0.4) is 0 Å². The molecule has 0 spiro atoms. The van der Waals surface area contributed by atoms with E-state index in [9.17, 15) is 4.79 Å². The summed E-state index contributed by atoms with van der Waals surface area (Å²) in [5.74, 6) is 0. The highest BCUT2D eigenvalue weighted by atomic mass is 16.4. The van der Waals surface area contributed by atoms with Crippen LogP contribution in [0, 0.1) is 0 Å². The minimum Gasteiger partial charge on any atom is -0.465 e. The number of nitrogens with zero attached hydrogens (tertiary/aromatic N) is 2. The highest BCUT2D eigenvalue weighted by Gasteiger charge is 2.29. The number of piperazine rings is 1. The lowest BCUT2D eigenvalue weighted by Crippen LogP contribution is -2.57. The molecule has 0 saturated carbocycles. The van der Waals surface area contributed by atoms with E-state index in [1.54, 1.807) is 0 Å². The van der Waals surface area contributed by atoms with Crippen LogP contribution in [0.1, 0.15) is 13.8 Å². The van der Waals surface area contributed by atoms with Crippen LogP contribution in [0.2, 0.25) is 0 Å². The van der Waals surface area contributed by atoms with Crippen molar-refractivity contribution >= 4 is 6.09 Å². The molecule has 0 bridgehead atoms. The van der Waals surface area contributed by atoms with Crippen LogP contribution < -0.4 is 0 Å². The second-order valence-electron chi connectivity index (χ2n) is 3.90. The Morgan fingerprint density at radius 3 is 2.57 bits per heavy atom. The molecule has 1 atom stereocenters. The Bertz CT molecular complexity index is 208. The normalized spacial score (nSPS) is 24.3. The van der Waals surface area contributed by atoms with E-state index in [1.165, 1.54) is 4.90 Å². The molecule has 1 aliphatic heterocycles. The predicted octanol–water partition coefficient (Wildman–Crippen LogP) is 0.0513. The van der Waals surface area contributed by atoms with Crippen molar-refractivity contribution in [3.8, 4) is 0 Å². The number of carbonyl (C=O) groups is 1. The van der Waals surface area contributed by atoms with Crippen LogP contribution in [0.25, 0.3) is 0 Å². The van der Waals surface area contributed by atoms with Gasteiger partial charge in [-0.1, -0.05) is 0 Å². The molecule has 1 fully saturated rings. The van der Waals surface area contributed by atoms with Gasteiger partial charge in [0.15, 0.2) is 0 Å². The molecule has 0 aromatic carbocycles. The maximum atomic E-state index is 10.7. The van der Waals surface area contributed by atoms with E-state index in [1.807, 2.05) is 0 Å². The van der Waals surface area contributed by atoms with Crippen LogP contribution in [0.5, 0.6) is 0 Å². The summed E-state index contributed by atoms with van der Waals surface area (Å²) in [5, 5.41) is 18.0. The van der Waals surface area contributed by atoms with Gasteiger partial charge in [0.25, 0.3) is 0 Å². The molecule has 0 aromatic rings. The molecular formula is C9H18N2O3. The second-order valence-corrected chi connectivity index (χ2v) is 3.90. The van der Waals surface area contributed by atoms with E-state index in [-0.39, 0.29) is 12.6 Å². The molecule has 1 heterocycles. The van der Waals surface area contributed by atoms with E-state index < -0.39 is 6.09 Å². The van der Waals surface area contributed by atoms with E-state index in [2.05, 4.69) is 18.7 Å². The lowest BCUT2D eigenvalue weighted by Gasteiger charge is -2.41. The quantitative estimate of drug-likeness (QED) is 0.664. The molecule has 82 valence electrons. The third-order valence-corrected chi connectivity index (χ3v) is 2.67. The lowest BCUT2D eigenvalue weighted by molar-refractivity contribution is 0.0240. The van der Waals surface area contributed by atoms with Gasteiger partial charge in [-0.2, -0.15) is 0 Å². The molecule has 5 nitrogen and oxygen atoms in total. The first-order valence-corrected chi connectivity index (χ1v) is 4.90. The van der Waals surface area contributed by atoms with Crippen molar-refractivity contribution in [1.82, 2.24) is 9.80 Å². The van der Waals surface area contributed by atoms with Gasteiger partial charge < -0.3 is 15.1 Å². The molecular weight excluding hydrogens is 184 g/mol. The summed E-state index contributed by atoms with van der Waals surface area (Å²) in [6.07, 6.45) is -0.896. The van der Waals surface area contributed by atoms with Crippen molar-refractivity contribution in [1.29, 1.82) is 0 Å². The summed E-state index contributed by atoms with van der Waals surface area (Å²) in [5.41, 5.74) is 0. The number of rotatable bonds is 2. The molecule has 0 aromatic heterocycles. The molecule has 1 aliphatic rings. The predicted molar refractivity (Wildman–Crippen MR) is 52.3 cm³/mol. The fourth-order valence-corrected chi connectivity index (χ4v) is 1.89. The number of carboxylic acid groups (broad SMARTS) is 1. The number of hydrogen-bond donors (Lipinski definition) is 2. The van der Waals surface area contributed by atoms with Crippen molar-refractivity contribution in [3.63, 3.8) is 0 Å². The zero-order valence-electron chi connectivity index (χ0n) is 8.68. The molecule has 14 heavy (non-hydrogen) atoms. The Labute approximate surface area is 83.9 Å². The van der Waals surface area contributed by atoms with Crippen molar-refractivity contribution in [3.05, 3.63) is 0 Å². The van der Waals surface area contributed by atoms with Crippen molar-refractivity contribution in [2.45, 2.75) is 25.9 Å². The van der Waals surface area contributed by atoms with Crippen LogP contribution in [0.15, 0.2) is 0 Å². The first-order chi connectivity index (χ1) is 6.56. The Morgan fingerprint density at radius 2 is 2.14 bits per heavy atom. The standard InChI is InChI=1S/C9H18N2O3/c1-7(2)11-4-3-10(9(13)14)5-8(11)6-12/h7-8,12H,3-6H2,1-2H3,(H,13,14)/t8-/m0/s1. The molecule has 0 radical (unpaired) electrons. The average molecular weight is 202 g/mol. The third-order valence-electron chi connectivity index (χ3n) is 2.67. The minimum absolute atomic E-state index is 0.0158. The number of aliphatic hydroxyl groups excluding tert-OH is 1. The molecule has 2 N–H and O–H groups in total. The van der Waals surface area contributed by atoms with E-state index in [0.29, 0.717) is 25.7 Å². The van der Waals surface area contributed by atoms with Gasteiger partial charge in [0.1, 0.15) is 0 Å². The Balaban J connectivity index is 2.59. The second kappa shape index (κ2) is 4.61. The first kappa shape index (κ1) is 11.3. The van der Waals surface area contributed by atoms with E-state index in [0.717, 1.165) is 0 Å². The van der Waals surface area contributed by atoms with Gasteiger partial charge in [0.05, 0.1) is 12.6 Å². The fourth-order valence-electron chi connectivity index (χ4n) is 1.89. The zero-order chi connectivity index (χ0) is 10.7. The Morgan fingerprint density at radius 1 is 1.50 bits per heavy atom. The molecule has 1 amide bonds. The summed E-state index contributed by atoms with van der Waals surface area (Å²) >= 11 is 0. The summed E-state index contributed by atoms with van der Waals surface area (Å²) in [6.45, 7) is 5.77. The average Bonchev–Trinajstić information content (AvgIpc) is 2.16. The fraction of sp³-hybridized carbons (Fsp3) is 0.889. The van der Waals surface area contributed by atoms with Crippen molar-refractivity contribution in [2.75, 3.05) is 26.2 Å². The Kier molecular flexibility index (Phi) is 3.71.